The van der Waals surface area contributed by atoms with E-state index in [2.05, 4.69) is 10.2 Å². The number of primary amides is 1. The van der Waals surface area contributed by atoms with Gasteiger partial charge in [-0.3, -0.25) is 4.79 Å². The lowest BCUT2D eigenvalue weighted by Gasteiger charge is -1.96. The Balaban J connectivity index is 0.000000295. The molecule has 0 bridgehead atoms. The molecule has 0 atom stereocenters. The van der Waals surface area contributed by atoms with E-state index in [9.17, 15) is 18.0 Å². The first kappa shape index (κ1) is 17.1. The van der Waals surface area contributed by atoms with Crippen LogP contribution in [0.15, 0.2) is 30.3 Å². The number of alkyl halides is 3. The van der Waals surface area contributed by atoms with Gasteiger partial charge in [0.1, 0.15) is 0 Å². The van der Waals surface area contributed by atoms with Crippen LogP contribution in [0.4, 0.5) is 13.2 Å². The van der Waals surface area contributed by atoms with Crippen LogP contribution >= 0.6 is 0 Å². The van der Waals surface area contributed by atoms with E-state index in [1.165, 1.54) is 4.80 Å². The number of carboxylic acid groups (broad SMARTS) is 1. The van der Waals surface area contributed by atoms with E-state index in [-0.39, 0.29) is 5.69 Å². The summed E-state index contributed by atoms with van der Waals surface area (Å²) in [4.78, 5) is 21.3. The van der Waals surface area contributed by atoms with Gasteiger partial charge in [-0.2, -0.15) is 23.1 Å². The fourth-order valence-corrected chi connectivity index (χ4v) is 1.28. The van der Waals surface area contributed by atoms with Crippen LogP contribution in [0, 0.1) is 6.92 Å². The molecule has 2 rings (SSSR count). The third kappa shape index (κ3) is 4.58. The van der Waals surface area contributed by atoms with Crippen molar-refractivity contribution in [2.75, 3.05) is 0 Å². The monoisotopic (exact) mass is 316 g/mol. The van der Waals surface area contributed by atoms with Crippen molar-refractivity contribution in [1.82, 2.24) is 15.0 Å². The molecule has 0 aliphatic heterocycles. The summed E-state index contributed by atoms with van der Waals surface area (Å²) in [5, 5.41) is 15.2. The Kier molecular flexibility index (Phi) is 5.22. The van der Waals surface area contributed by atoms with Crippen molar-refractivity contribution in [2.24, 2.45) is 5.73 Å². The van der Waals surface area contributed by atoms with E-state index >= 15 is 0 Å². The van der Waals surface area contributed by atoms with E-state index in [0.29, 0.717) is 5.69 Å². The summed E-state index contributed by atoms with van der Waals surface area (Å²) in [5.41, 5.74) is 6.69. The Hall–Kier alpha value is -2.91. The first-order chi connectivity index (χ1) is 10.1. The standard InChI is InChI=1S/C10H10N4O.C2HF3O2/c1-7-9(10(11)15)13-14(12-7)8-5-3-2-4-6-8;3-2(4,5)1(6)7/h2-6H,1H3,(H2,11,15);(H,6,7). The Morgan fingerprint density at radius 3 is 2.05 bits per heavy atom. The number of hydrogen-bond donors (Lipinski definition) is 2. The lowest BCUT2D eigenvalue weighted by molar-refractivity contribution is -0.192. The van der Waals surface area contributed by atoms with Gasteiger partial charge < -0.3 is 10.8 Å². The number of amides is 1. The van der Waals surface area contributed by atoms with E-state index in [0.717, 1.165) is 5.69 Å². The van der Waals surface area contributed by atoms with E-state index in [4.69, 9.17) is 15.6 Å². The zero-order chi connectivity index (χ0) is 16.9. The number of benzene rings is 1. The number of nitrogens with two attached hydrogens (primary N) is 1. The molecule has 0 aliphatic carbocycles. The van der Waals surface area contributed by atoms with Crippen LogP contribution in [-0.4, -0.2) is 38.2 Å². The van der Waals surface area contributed by atoms with Gasteiger partial charge in [0.15, 0.2) is 5.69 Å². The number of hydrogen-bond acceptors (Lipinski definition) is 4. The molecule has 0 aliphatic rings. The van der Waals surface area contributed by atoms with Gasteiger partial charge in [-0.05, 0) is 19.1 Å². The predicted molar refractivity (Wildman–Crippen MR) is 68.3 cm³/mol. The summed E-state index contributed by atoms with van der Waals surface area (Å²) in [7, 11) is 0. The number of nitrogens with zero attached hydrogens (tertiary/aromatic N) is 3. The van der Waals surface area contributed by atoms with E-state index < -0.39 is 18.1 Å². The zero-order valence-corrected chi connectivity index (χ0v) is 11.2. The second kappa shape index (κ2) is 6.70. The number of rotatable bonds is 2. The van der Waals surface area contributed by atoms with Crippen LogP contribution in [0.3, 0.4) is 0 Å². The fraction of sp³-hybridized carbons (Fsp3) is 0.167. The van der Waals surface area contributed by atoms with Crippen molar-refractivity contribution in [3.63, 3.8) is 0 Å². The summed E-state index contributed by atoms with van der Waals surface area (Å²) < 4.78 is 31.7. The summed E-state index contributed by atoms with van der Waals surface area (Å²) in [6, 6.07) is 9.35. The number of carboxylic acids is 1. The topological polar surface area (TPSA) is 111 Å². The number of carbonyl (C=O) groups excluding carboxylic acids is 1. The summed E-state index contributed by atoms with van der Waals surface area (Å²) in [5.74, 6) is -3.32. The summed E-state index contributed by atoms with van der Waals surface area (Å²) >= 11 is 0. The van der Waals surface area contributed by atoms with Crippen LogP contribution in [-0.2, 0) is 4.79 Å². The molecular weight excluding hydrogens is 305 g/mol. The number of halogens is 3. The van der Waals surface area contributed by atoms with Gasteiger partial charge in [0.2, 0.25) is 0 Å². The molecule has 10 heteroatoms. The van der Waals surface area contributed by atoms with Crippen LogP contribution in [0.2, 0.25) is 0 Å². The van der Waals surface area contributed by atoms with Crippen molar-refractivity contribution < 1.29 is 27.9 Å². The Morgan fingerprint density at radius 1 is 1.18 bits per heavy atom. The quantitative estimate of drug-likeness (QED) is 0.867. The minimum atomic E-state index is -5.08. The first-order valence-corrected chi connectivity index (χ1v) is 5.72. The number of aromatic nitrogens is 3. The van der Waals surface area contributed by atoms with Crippen molar-refractivity contribution in [3.05, 3.63) is 41.7 Å². The molecule has 0 saturated heterocycles. The normalized spacial score (nSPS) is 10.5. The highest BCUT2D eigenvalue weighted by atomic mass is 19.4. The number of para-hydroxylation sites is 1. The van der Waals surface area contributed by atoms with Crippen molar-refractivity contribution in [1.29, 1.82) is 0 Å². The predicted octanol–water partition coefficient (Wildman–Crippen LogP) is 1.31. The maximum atomic E-state index is 11.0. The van der Waals surface area contributed by atoms with Crippen molar-refractivity contribution in [2.45, 2.75) is 13.1 Å². The van der Waals surface area contributed by atoms with Crippen molar-refractivity contribution >= 4 is 11.9 Å². The van der Waals surface area contributed by atoms with E-state index in [1.807, 2.05) is 30.3 Å². The molecule has 0 spiro atoms. The number of aliphatic carboxylic acids is 1. The molecule has 7 nitrogen and oxygen atoms in total. The third-order valence-corrected chi connectivity index (χ3v) is 2.25. The summed E-state index contributed by atoms with van der Waals surface area (Å²) in [6.07, 6.45) is -5.08. The van der Waals surface area contributed by atoms with E-state index in [1.54, 1.807) is 6.92 Å². The van der Waals surface area contributed by atoms with Crippen molar-refractivity contribution in [3.8, 4) is 5.69 Å². The minimum absolute atomic E-state index is 0.207. The largest absolute Gasteiger partial charge is 0.490 e. The second-order valence-electron chi connectivity index (χ2n) is 3.93. The zero-order valence-electron chi connectivity index (χ0n) is 11.2. The molecule has 118 valence electrons. The lowest BCUT2D eigenvalue weighted by Crippen LogP contribution is -2.21. The van der Waals surface area contributed by atoms with Crippen LogP contribution in [0.1, 0.15) is 16.2 Å². The number of aryl methyl sites for hydroxylation is 1. The molecule has 1 amide bonds. The van der Waals surface area contributed by atoms with Crippen LogP contribution in [0.25, 0.3) is 5.69 Å². The molecule has 1 aromatic heterocycles. The lowest BCUT2D eigenvalue weighted by atomic mass is 10.3. The highest BCUT2D eigenvalue weighted by molar-refractivity contribution is 5.91. The SMILES string of the molecule is Cc1nn(-c2ccccc2)nc1C(N)=O.O=C(O)C(F)(F)F. The van der Waals surface area contributed by atoms with Crippen LogP contribution < -0.4 is 5.73 Å². The maximum Gasteiger partial charge on any atom is 0.490 e. The van der Waals surface area contributed by atoms with Gasteiger partial charge >= 0.3 is 12.1 Å². The fourth-order valence-electron chi connectivity index (χ4n) is 1.28. The Morgan fingerprint density at radius 2 is 1.68 bits per heavy atom. The molecular formula is C12H11F3N4O3. The average molecular weight is 316 g/mol. The van der Waals surface area contributed by atoms with Gasteiger partial charge in [0.25, 0.3) is 5.91 Å². The molecule has 0 saturated carbocycles. The molecule has 3 N–H and O–H groups in total. The third-order valence-electron chi connectivity index (χ3n) is 2.25. The van der Waals surface area contributed by atoms with Gasteiger partial charge in [0.05, 0.1) is 11.4 Å². The second-order valence-corrected chi connectivity index (χ2v) is 3.93. The maximum absolute atomic E-state index is 11.0. The molecule has 22 heavy (non-hydrogen) atoms. The highest BCUT2D eigenvalue weighted by Crippen LogP contribution is 2.13. The smallest absolute Gasteiger partial charge is 0.475 e. The first-order valence-electron chi connectivity index (χ1n) is 5.72. The number of carbonyl (C=O) groups is 2. The molecule has 0 radical (unpaired) electrons. The molecule has 0 unspecified atom stereocenters. The highest BCUT2D eigenvalue weighted by Gasteiger charge is 2.38. The Bertz CT molecular complexity index is 668. The molecule has 2 aromatic rings. The molecule has 0 fully saturated rings. The Labute approximate surface area is 122 Å². The summed E-state index contributed by atoms with van der Waals surface area (Å²) in [6.45, 7) is 1.70. The average Bonchev–Trinajstić information content (AvgIpc) is 2.82. The van der Waals surface area contributed by atoms with Gasteiger partial charge in [-0.25, -0.2) is 4.79 Å². The van der Waals surface area contributed by atoms with Gasteiger partial charge in [-0.1, -0.05) is 18.2 Å². The molecule has 1 heterocycles. The minimum Gasteiger partial charge on any atom is -0.475 e. The van der Waals surface area contributed by atoms with Crippen LogP contribution in [0.5, 0.6) is 0 Å². The molecule has 1 aromatic carbocycles. The van der Waals surface area contributed by atoms with Gasteiger partial charge in [0, 0.05) is 0 Å². The van der Waals surface area contributed by atoms with Gasteiger partial charge in [-0.15, -0.1) is 5.10 Å².